The Labute approximate surface area is 158 Å². The van der Waals surface area contributed by atoms with Crippen LogP contribution in [0.3, 0.4) is 0 Å². The van der Waals surface area contributed by atoms with Crippen LogP contribution in [0.2, 0.25) is 0 Å². The zero-order valence-corrected chi connectivity index (χ0v) is 16.7. The molecule has 1 aliphatic carbocycles. The van der Waals surface area contributed by atoms with Crippen LogP contribution in [0.25, 0.3) is 0 Å². The van der Waals surface area contributed by atoms with Gasteiger partial charge in [0.1, 0.15) is 11.6 Å². The van der Waals surface area contributed by atoms with Gasteiger partial charge in [-0.2, -0.15) is 0 Å². The van der Waals surface area contributed by atoms with Gasteiger partial charge in [-0.1, -0.05) is 75.3 Å². The second-order valence-corrected chi connectivity index (χ2v) is 7.63. The minimum atomic E-state index is 0.237. The summed E-state index contributed by atoms with van der Waals surface area (Å²) in [5.74, 6) is 1.60. The van der Waals surface area contributed by atoms with E-state index < -0.39 is 0 Å². The van der Waals surface area contributed by atoms with Gasteiger partial charge in [-0.05, 0) is 29.9 Å². The fourth-order valence-electron chi connectivity index (χ4n) is 3.80. The summed E-state index contributed by atoms with van der Waals surface area (Å²) in [5, 5.41) is 0. The van der Waals surface area contributed by atoms with Crippen molar-refractivity contribution in [3.8, 4) is 0 Å². The average molecular weight is 353 g/mol. The number of hydrogen-bond acceptors (Lipinski definition) is 2. The largest absolute Gasteiger partial charge is 0.299 e. The summed E-state index contributed by atoms with van der Waals surface area (Å²) in [4.78, 5) is 24.1. The summed E-state index contributed by atoms with van der Waals surface area (Å²) in [6.45, 7) is 8.60. The molecule has 140 valence electrons. The standard InChI is InChI=1S/C24H32O2/c1-5-21(25)15-18-8-7-9-19(14-18)16-22(26)12-10-20-11-13-24(17(3)4)23(20)6-2/h7-9,11,13-14,17,23H,5-6,10,12,15-16H2,1-4H3. The SMILES string of the molecule is CCC(=O)Cc1cccc(CC(=O)CCC2=CC=C(C(C)C)C2CC)c1. The Bertz CT molecular complexity index is 707. The lowest BCUT2D eigenvalue weighted by Gasteiger charge is -2.20. The molecule has 0 radical (unpaired) electrons. The monoisotopic (exact) mass is 352 g/mol. The molecule has 1 aromatic carbocycles. The van der Waals surface area contributed by atoms with Gasteiger partial charge in [0.05, 0.1) is 0 Å². The number of benzene rings is 1. The molecule has 0 fully saturated rings. The van der Waals surface area contributed by atoms with Gasteiger partial charge in [0, 0.05) is 31.6 Å². The lowest BCUT2D eigenvalue weighted by Crippen LogP contribution is -2.10. The zero-order valence-electron chi connectivity index (χ0n) is 16.7. The quantitative estimate of drug-likeness (QED) is 0.545. The van der Waals surface area contributed by atoms with Gasteiger partial charge in [-0.15, -0.1) is 0 Å². The highest BCUT2D eigenvalue weighted by atomic mass is 16.1. The fraction of sp³-hybridized carbons (Fsp3) is 0.500. The molecule has 1 aliphatic rings. The predicted molar refractivity (Wildman–Crippen MR) is 108 cm³/mol. The predicted octanol–water partition coefficient (Wildman–Crippen LogP) is 5.65. The molecule has 2 heteroatoms. The van der Waals surface area contributed by atoms with Crippen molar-refractivity contribution in [2.45, 2.75) is 66.2 Å². The molecular weight excluding hydrogens is 320 g/mol. The Kier molecular flexibility index (Phi) is 7.56. The summed E-state index contributed by atoms with van der Waals surface area (Å²) >= 11 is 0. The number of hydrogen-bond donors (Lipinski definition) is 0. The number of carbonyl (C=O) groups is 2. The maximum absolute atomic E-state index is 12.5. The van der Waals surface area contributed by atoms with Crippen LogP contribution in [0.4, 0.5) is 0 Å². The molecule has 0 aromatic heterocycles. The topological polar surface area (TPSA) is 34.1 Å². The first kappa shape index (κ1) is 20.4. The summed E-state index contributed by atoms with van der Waals surface area (Å²) in [6.07, 6.45) is 8.54. The van der Waals surface area contributed by atoms with Crippen LogP contribution in [-0.2, 0) is 22.4 Å². The maximum Gasteiger partial charge on any atom is 0.137 e. The lowest BCUT2D eigenvalue weighted by atomic mass is 9.84. The molecule has 2 rings (SSSR count). The van der Waals surface area contributed by atoms with E-state index in [0.29, 0.717) is 37.5 Å². The number of ketones is 2. The highest BCUT2D eigenvalue weighted by molar-refractivity contribution is 5.82. The van der Waals surface area contributed by atoms with Crippen LogP contribution in [-0.4, -0.2) is 11.6 Å². The van der Waals surface area contributed by atoms with Crippen molar-refractivity contribution in [3.63, 3.8) is 0 Å². The second-order valence-electron chi connectivity index (χ2n) is 7.63. The smallest absolute Gasteiger partial charge is 0.137 e. The molecule has 26 heavy (non-hydrogen) atoms. The number of carbonyl (C=O) groups excluding carboxylic acids is 2. The van der Waals surface area contributed by atoms with E-state index in [1.165, 1.54) is 11.1 Å². The molecule has 0 saturated heterocycles. The maximum atomic E-state index is 12.5. The van der Waals surface area contributed by atoms with Crippen molar-refractivity contribution in [1.29, 1.82) is 0 Å². The Hall–Kier alpha value is -1.96. The molecular formula is C24H32O2. The van der Waals surface area contributed by atoms with Crippen LogP contribution in [0.5, 0.6) is 0 Å². The van der Waals surface area contributed by atoms with E-state index in [-0.39, 0.29) is 11.6 Å². The third-order valence-electron chi connectivity index (χ3n) is 5.30. The fourth-order valence-corrected chi connectivity index (χ4v) is 3.80. The van der Waals surface area contributed by atoms with E-state index in [1.807, 2.05) is 31.2 Å². The van der Waals surface area contributed by atoms with Crippen LogP contribution in [0.1, 0.15) is 64.5 Å². The van der Waals surface area contributed by atoms with Crippen molar-refractivity contribution in [2.24, 2.45) is 11.8 Å². The average Bonchev–Trinajstić information content (AvgIpc) is 3.03. The van der Waals surface area contributed by atoms with E-state index in [9.17, 15) is 9.59 Å². The molecule has 1 atom stereocenters. The molecule has 0 spiro atoms. The van der Waals surface area contributed by atoms with E-state index in [0.717, 1.165) is 24.0 Å². The normalized spacial score (nSPS) is 16.6. The van der Waals surface area contributed by atoms with E-state index in [2.05, 4.69) is 32.9 Å². The summed E-state index contributed by atoms with van der Waals surface area (Å²) in [7, 11) is 0. The third-order valence-corrected chi connectivity index (χ3v) is 5.30. The van der Waals surface area contributed by atoms with E-state index in [4.69, 9.17) is 0 Å². The van der Waals surface area contributed by atoms with Gasteiger partial charge in [0.2, 0.25) is 0 Å². The Morgan fingerprint density at radius 1 is 1.00 bits per heavy atom. The van der Waals surface area contributed by atoms with Crippen molar-refractivity contribution in [3.05, 3.63) is 58.7 Å². The van der Waals surface area contributed by atoms with Crippen molar-refractivity contribution >= 4 is 11.6 Å². The van der Waals surface area contributed by atoms with Gasteiger partial charge >= 0.3 is 0 Å². The third kappa shape index (κ3) is 5.52. The second kappa shape index (κ2) is 9.66. The molecule has 2 nitrogen and oxygen atoms in total. The van der Waals surface area contributed by atoms with E-state index >= 15 is 0 Å². The van der Waals surface area contributed by atoms with E-state index in [1.54, 1.807) is 0 Å². The number of allylic oxidation sites excluding steroid dienone is 4. The highest BCUT2D eigenvalue weighted by Crippen LogP contribution is 2.36. The summed E-state index contributed by atoms with van der Waals surface area (Å²) in [6, 6.07) is 7.91. The number of rotatable bonds is 10. The first-order valence-corrected chi connectivity index (χ1v) is 9.96. The van der Waals surface area contributed by atoms with Gasteiger partial charge in [0.25, 0.3) is 0 Å². The van der Waals surface area contributed by atoms with Crippen LogP contribution in [0.15, 0.2) is 47.6 Å². The highest BCUT2D eigenvalue weighted by Gasteiger charge is 2.23. The van der Waals surface area contributed by atoms with Gasteiger partial charge in [0.15, 0.2) is 0 Å². The van der Waals surface area contributed by atoms with Crippen molar-refractivity contribution in [2.75, 3.05) is 0 Å². The van der Waals surface area contributed by atoms with Gasteiger partial charge in [-0.25, -0.2) is 0 Å². The van der Waals surface area contributed by atoms with Crippen molar-refractivity contribution in [1.82, 2.24) is 0 Å². The van der Waals surface area contributed by atoms with Gasteiger partial charge < -0.3 is 0 Å². The molecule has 0 bridgehead atoms. The molecule has 1 aromatic rings. The molecule has 0 N–H and O–H groups in total. The molecule has 0 amide bonds. The Morgan fingerprint density at radius 3 is 2.23 bits per heavy atom. The summed E-state index contributed by atoms with van der Waals surface area (Å²) in [5.41, 5.74) is 4.94. The van der Waals surface area contributed by atoms with Crippen LogP contribution < -0.4 is 0 Å². The molecule has 0 aliphatic heterocycles. The zero-order chi connectivity index (χ0) is 19.1. The van der Waals surface area contributed by atoms with Crippen molar-refractivity contribution < 1.29 is 9.59 Å². The molecule has 0 saturated carbocycles. The van der Waals surface area contributed by atoms with Gasteiger partial charge in [-0.3, -0.25) is 9.59 Å². The molecule has 1 unspecified atom stereocenters. The first-order chi connectivity index (χ1) is 12.4. The summed E-state index contributed by atoms with van der Waals surface area (Å²) < 4.78 is 0. The molecule has 0 heterocycles. The minimum Gasteiger partial charge on any atom is -0.299 e. The Balaban J connectivity index is 1.88. The van der Waals surface area contributed by atoms with Crippen LogP contribution in [0, 0.1) is 11.8 Å². The first-order valence-electron chi connectivity index (χ1n) is 9.96. The lowest BCUT2D eigenvalue weighted by molar-refractivity contribution is -0.119. The minimum absolute atomic E-state index is 0.237. The van der Waals surface area contributed by atoms with Crippen LogP contribution >= 0.6 is 0 Å². The number of Topliss-reactive ketones (excluding diaryl/α,β-unsaturated/α-hetero) is 2. The Morgan fingerprint density at radius 2 is 1.65 bits per heavy atom.